The predicted octanol–water partition coefficient (Wildman–Crippen LogP) is 8.93. The molecule has 1 saturated heterocycles. The highest BCUT2D eigenvalue weighted by Crippen LogP contribution is 2.30. The van der Waals surface area contributed by atoms with Gasteiger partial charge in [0.2, 0.25) is 10.0 Å². The standard InChI is InChI=1S/C37H60N4O4S/c1-6-8-10-12-14-15-16-17-19-21-28-41-35(45-31-37(41,3)4)26-25-32(30-38)36(42)39-33-23-22-24-34(29-33)46(43,44)40(5)27-20-18-13-11-9-7-2/h22-26,29H,6-21,27-28,31H2,1-5H3,(H,39,42). The third kappa shape index (κ3) is 13.5. The van der Waals surface area contributed by atoms with Crippen LogP contribution >= 0.6 is 0 Å². The number of nitriles is 1. The minimum absolute atomic E-state index is 0.0897. The fourth-order valence-electron chi connectivity index (χ4n) is 5.68. The highest BCUT2D eigenvalue weighted by molar-refractivity contribution is 7.89. The van der Waals surface area contributed by atoms with Crippen LogP contribution in [0.2, 0.25) is 0 Å². The maximum Gasteiger partial charge on any atom is 0.266 e. The molecule has 9 heteroatoms. The van der Waals surface area contributed by atoms with E-state index in [1.54, 1.807) is 25.3 Å². The summed E-state index contributed by atoms with van der Waals surface area (Å²) in [7, 11) is -2.12. The third-order valence-corrected chi connectivity index (χ3v) is 10.5. The minimum atomic E-state index is -3.71. The van der Waals surface area contributed by atoms with Gasteiger partial charge in [-0.3, -0.25) is 4.79 Å². The first-order chi connectivity index (χ1) is 22.1. The Kier molecular flexibility index (Phi) is 18.1. The van der Waals surface area contributed by atoms with Crippen LogP contribution in [-0.2, 0) is 19.6 Å². The molecule has 1 fully saturated rings. The Hall–Kier alpha value is -2.83. The molecule has 1 N–H and O–H groups in total. The quantitative estimate of drug-likeness (QED) is 0.0717. The molecular formula is C37H60N4O4S. The lowest BCUT2D eigenvalue weighted by Gasteiger charge is -2.30. The SMILES string of the molecule is CCCCCCCCCCCCN1C(=CC=C(C#N)C(=O)Nc2cccc(S(=O)(=O)N(C)CCCCCCCC)c2)OCC1(C)C. The third-order valence-electron chi connectivity index (χ3n) is 8.69. The van der Waals surface area contributed by atoms with Crippen LogP contribution in [0.15, 0.2) is 52.8 Å². The number of anilines is 1. The van der Waals surface area contributed by atoms with E-state index in [2.05, 4.69) is 37.9 Å². The molecule has 0 aromatic heterocycles. The highest BCUT2D eigenvalue weighted by Gasteiger charge is 2.36. The van der Waals surface area contributed by atoms with Gasteiger partial charge in [-0.1, -0.05) is 110 Å². The molecule has 0 spiro atoms. The summed E-state index contributed by atoms with van der Waals surface area (Å²) in [6.45, 7) is 10.5. The van der Waals surface area contributed by atoms with E-state index in [1.165, 1.54) is 99.6 Å². The summed E-state index contributed by atoms with van der Waals surface area (Å²) in [6, 6.07) is 8.16. The molecule has 0 unspecified atom stereocenters. The maximum absolute atomic E-state index is 13.2. The van der Waals surface area contributed by atoms with E-state index in [9.17, 15) is 18.5 Å². The lowest BCUT2D eigenvalue weighted by Crippen LogP contribution is -2.39. The second kappa shape index (κ2) is 21.1. The van der Waals surface area contributed by atoms with Gasteiger partial charge in [-0.15, -0.1) is 0 Å². The Labute approximate surface area is 280 Å². The number of nitrogens with one attached hydrogen (secondary N) is 1. The van der Waals surface area contributed by atoms with Crippen molar-refractivity contribution in [1.29, 1.82) is 5.26 Å². The molecule has 0 saturated carbocycles. The van der Waals surface area contributed by atoms with E-state index in [-0.39, 0.29) is 16.0 Å². The summed E-state index contributed by atoms with van der Waals surface area (Å²) in [6.07, 6.45) is 22.4. The second-order valence-electron chi connectivity index (χ2n) is 13.2. The maximum atomic E-state index is 13.2. The van der Waals surface area contributed by atoms with Gasteiger partial charge in [-0.25, -0.2) is 12.7 Å². The highest BCUT2D eigenvalue weighted by atomic mass is 32.2. The molecule has 0 radical (unpaired) electrons. The smallest absolute Gasteiger partial charge is 0.266 e. The minimum Gasteiger partial charge on any atom is -0.477 e. The van der Waals surface area contributed by atoms with Gasteiger partial charge in [0.15, 0.2) is 5.88 Å². The fourth-order valence-corrected chi connectivity index (χ4v) is 6.93. The molecule has 2 rings (SSSR count). The first-order valence-electron chi connectivity index (χ1n) is 17.7. The Balaban J connectivity index is 1.95. The topological polar surface area (TPSA) is 103 Å². The lowest BCUT2D eigenvalue weighted by atomic mass is 10.0. The number of benzene rings is 1. The molecule has 1 heterocycles. The predicted molar refractivity (Wildman–Crippen MR) is 189 cm³/mol. The first kappa shape index (κ1) is 39.3. The number of allylic oxidation sites excluding steroid dienone is 2. The Bertz CT molecular complexity index is 1270. The van der Waals surface area contributed by atoms with E-state index >= 15 is 0 Å². The molecule has 258 valence electrons. The number of carbonyl (C=O) groups is 1. The van der Waals surface area contributed by atoms with Gasteiger partial charge in [-0.05, 0) is 57.0 Å². The Morgan fingerprint density at radius 2 is 1.52 bits per heavy atom. The number of nitrogens with zero attached hydrogens (tertiary/aromatic N) is 3. The van der Waals surface area contributed by atoms with Crippen molar-refractivity contribution < 1.29 is 17.9 Å². The van der Waals surface area contributed by atoms with Gasteiger partial charge >= 0.3 is 0 Å². The van der Waals surface area contributed by atoms with Crippen molar-refractivity contribution in [2.24, 2.45) is 0 Å². The van der Waals surface area contributed by atoms with Gasteiger partial charge in [-0.2, -0.15) is 5.26 Å². The zero-order valence-corrected chi connectivity index (χ0v) is 30.1. The monoisotopic (exact) mass is 656 g/mol. The Morgan fingerprint density at radius 3 is 2.11 bits per heavy atom. The zero-order chi connectivity index (χ0) is 33.8. The number of ether oxygens (including phenoxy) is 1. The van der Waals surface area contributed by atoms with Gasteiger partial charge in [0.1, 0.15) is 18.2 Å². The van der Waals surface area contributed by atoms with Gasteiger partial charge in [0.25, 0.3) is 5.91 Å². The second-order valence-corrected chi connectivity index (χ2v) is 15.3. The average Bonchev–Trinajstić information content (AvgIpc) is 3.32. The summed E-state index contributed by atoms with van der Waals surface area (Å²) in [5.41, 5.74) is 0.0455. The van der Waals surface area contributed by atoms with Gasteiger partial charge in [0.05, 0.1) is 10.4 Å². The van der Waals surface area contributed by atoms with Crippen LogP contribution in [0.4, 0.5) is 5.69 Å². The van der Waals surface area contributed by atoms with Crippen LogP contribution in [0.25, 0.3) is 0 Å². The van der Waals surface area contributed by atoms with Crippen LogP contribution in [-0.4, -0.2) is 55.8 Å². The number of sulfonamides is 1. The number of unbranched alkanes of at least 4 members (excludes halogenated alkanes) is 14. The number of amides is 1. The zero-order valence-electron chi connectivity index (χ0n) is 29.3. The van der Waals surface area contributed by atoms with Crippen LogP contribution in [0.1, 0.15) is 130 Å². The summed E-state index contributed by atoms with van der Waals surface area (Å²) in [5, 5.41) is 12.5. The summed E-state index contributed by atoms with van der Waals surface area (Å²) in [5.74, 6) is 0.0517. The molecule has 0 atom stereocenters. The number of hydrogen-bond donors (Lipinski definition) is 1. The molecule has 46 heavy (non-hydrogen) atoms. The van der Waals surface area contributed by atoms with Crippen molar-refractivity contribution >= 4 is 21.6 Å². The van der Waals surface area contributed by atoms with Crippen LogP contribution in [0.5, 0.6) is 0 Å². The van der Waals surface area contributed by atoms with E-state index < -0.39 is 15.9 Å². The Morgan fingerprint density at radius 1 is 0.957 bits per heavy atom. The van der Waals surface area contributed by atoms with Crippen molar-refractivity contribution in [1.82, 2.24) is 9.21 Å². The largest absolute Gasteiger partial charge is 0.477 e. The van der Waals surface area contributed by atoms with Crippen LogP contribution in [0, 0.1) is 11.3 Å². The molecule has 1 aliphatic heterocycles. The normalized spacial score (nSPS) is 15.7. The first-order valence-corrected chi connectivity index (χ1v) is 19.1. The van der Waals surface area contributed by atoms with Gasteiger partial charge < -0.3 is 15.0 Å². The fraction of sp³-hybridized carbons (Fsp3) is 0.676. The summed E-state index contributed by atoms with van der Waals surface area (Å²) < 4.78 is 33.7. The number of rotatable bonds is 23. The molecule has 0 bridgehead atoms. The van der Waals surface area contributed by atoms with Crippen molar-refractivity contribution in [3.05, 3.63) is 47.9 Å². The molecule has 1 amide bonds. The number of hydrogen-bond acceptors (Lipinski definition) is 6. The van der Waals surface area contributed by atoms with Crippen LogP contribution in [0.3, 0.4) is 0 Å². The van der Waals surface area contributed by atoms with Crippen molar-refractivity contribution in [3.63, 3.8) is 0 Å². The molecule has 0 aliphatic carbocycles. The molecule has 1 aromatic carbocycles. The van der Waals surface area contributed by atoms with Crippen molar-refractivity contribution in [2.75, 3.05) is 32.1 Å². The average molecular weight is 657 g/mol. The van der Waals surface area contributed by atoms with E-state index in [1.807, 2.05) is 6.07 Å². The summed E-state index contributed by atoms with van der Waals surface area (Å²) >= 11 is 0. The lowest BCUT2D eigenvalue weighted by molar-refractivity contribution is -0.112. The molecular weight excluding hydrogens is 596 g/mol. The van der Waals surface area contributed by atoms with E-state index in [0.717, 1.165) is 32.2 Å². The van der Waals surface area contributed by atoms with Crippen molar-refractivity contribution in [2.45, 2.75) is 141 Å². The van der Waals surface area contributed by atoms with E-state index in [0.29, 0.717) is 24.7 Å². The van der Waals surface area contributed by atoms with Crippen molar-refractivity contribution in [3.8, 4) is 6.07 Å². The number of carbonyl (C=O) groups excluding carboxylic acids is 1. The van der Waals surface area contributed by atoms with E-state index in [4.69, 9.17) is 4.74 Å². The van der Waals surface area contributed by atoms with Gasteiger partial charge in [0, 0.05) is 25.8 Å². The molecule has 8 nitrogen and oxygen atoms in total. The summed E-state index contributed by atoms with van der Waals surface area (Å²) in [4.78, 5) is 15.4. The van der Waals surface area contributed by atoms with Crippen LogP contribution < -0.4 is 5.32 Å². The molecule has 1 aromatic rings. The molecule has 1 aliphatic rings.